The number of hydrogen-bond donors (Lipinski definition) is 1. The maximum Gasteiger partial charge on any atom is 0.126 e. The first kappa shape index (κ1) is 16.2. The predicted octanol–water partition coefficient (Wildman–Crippen LogP) is 4.69. The van der Waals surface area contributed by atoms with Gasteiger partial charge in [0.05, 0.1) is 0 Å². The molecular weight excluding hydrogens is 237 g/mol. The van der Waals surface area contributed by atoms with E-state index in [9.17, 15) is 4.39 Å². The summed E-state index contributed by atoms with van der Waals surface area (Å²) >= 11 is 0. The Hall–Kier alpha value is -0.890. The number of nitrogens with two attached hydrogens (primary N) is 1. The zero-order chi connectivity index (χ0) is 13.9. The molecule has 0 aliphatic rings. The zero-order valence-electron chi connectivity index (χ0n) is 12.2. The van der Waals surface area contributed by atoms with Crippen LogP contribution in [0.25, 0.3) is 0 Å². The topological polar surface area (TPSA) is 26.0 Å². The molecule has 19 heavy (non-hydrogen) atoms. The summed E-state index contributed by atoms with van der Waals surface area (Å²) in [7, 11) is 0. The minimum atomic E-state index is -0.0936. The molecule has 1 aromatic carbocycles. The molecule has 1 atom stereocenters. The van der Waals surface area contributed by atoms with Gasteiger partial charge in [-0.1, -0.05) is 63.6 Å². The Morgan fingerprint density at radius 3 is 2.42 bits per heavy atom. The molecule has 1 aromatic rings. The van der Waals surface area contributed by atoms with Crippen LogP contribution in [0, 0.1) is 11.7 Å². The molecule has 0 fully saturated rings. The number of benzene rings is 1. The van der Waals surface area contributed by atoms with Gasteiger partial charge in [0.1, 0.15) is 5.82 Å². The minimum absolute atomic E-state index is 0.0936. The zero-order valence-corrected chi connectivity index (χ0v) is 12.2. The molecule has 0 heterocycles. The quantitative estimate of drug-likeness (QED) is 0.610. The standard InChI is InChI=1S/C17H28FN/c1-2-3-4-5-6-7-10-15(14-19)13-16-11-8-9-12-17(16)18/h8-9,11-12,15H,2-7,10,13-14,19H2,1H3. The van der Waals surface area contributed by atoms with Crippen LogP contribution in [0.1, 0.15) is 57.4 Å². The van der Waals surface area contributed by atoms with E-state index in [1.807, 2.05) is 12.1 Å². The van der Waals surface area contributed by atoms with Gasteiger partial charge in [-0.2, -0.15) is 0 Å². The van der Waals surface area contributed by atoms with E-state index in [0.717, 1.165) is 18.4 Å². The van der Waals surface area contributed by atoms with E-state index in [2.05, 4.69) is 6.92 Å². The van der Waals surface area contributed by atoms with Gasteiger partial charge in [-0.15, -0.1) is 0 Å². The molecule has 0 saturated heterocycles. The molecule has 0 bridgehead atoms. The molecule has 108 valence electrons. The van der Waals surface area contributed by atoms with Crippen molar-refractivity contribution >= 4 is 0 Å². The highest BCUT2D eigenvalue weighted by Gasteiger charge is 2.10. The SMILES string of the molecule is CCCCCCCCC(CN)Cc1ccccc1F. The molecule has 0 aliphatic heterocycles. The van der Waals surface area contributed by atoms with Crippen molar-refractivity contribution in [3.63, 3.8) is 0 Å². The first-order valence-electron chi connectivity index (χ1n) is 7.71. The van der Waals surface area contributed by atoms with Crippen LogP contribution in [0.15, 0.2) is 24.3 Å². The third-order valence-electron chi connectivity index (χ3n) is 3.77. The van der Waals surface area contributed by atoms with Gasteiger partial charge in [0.15, 0.2) is 0 Å². The smallest absolute Gasteiger partial charge is 0.126 e. The highest BCUT2D eigenvalue weighted by Crippen LogP contribution is 2.18. The number of hydrogen-bond acceptors (Lipinski definition) is 1. The highest BCUT2D eigenvalue weighted by atomic mass is 19.1. The first-order chi connectivity index (χ1) is 9.27. The summed E-state index contributed by atoms with van der Waals surface area (Å²) in [6.07, 6.45) is 9.71. The molecule has 1 unspecified atom stereocenters. The van der Waals surface area contributed by atoms with Crippen molar-refractivity contribution in [3.8, 4) is 0 Å². The van der Waals surface area contributed by atoms with Crippen LogP contribution in [-0.4, -0.2) is 6.54 Å². The Morgan fingerprint density at radius 2 is 1.74 bits per heavy atom. The van der Waals surface area contributed by atoms with Crippen LogP contribution in [0.2, 0.25) is 0 Å². The Labute approximate surface area is 117 Å². The maximum absolute atomic E-state index is 13.6. The van der Waals surface area contributed by atoms with E-state index in [1.54, 1.807) is 6.07 Å². The van der Waals surface area contributed by atoms with Crippen LogP contribution < -0.4 is 5.73 Å². The van der Waals surface area contributed by atoms with Crippen LogP contribution in [0.3, 0.4) is 0 Å². The largest absolute Gasteiger partial charge is 0.330 e. The molecule has 0 radical (unpaired) electrons. The Morgan fingerprint density at radius 1 is 1.05 bits per heavy atom. The van der Waals surface area contributed by atoms with Gasteiger partial charge >= 0.3 is 0 Å². The molecule has 0 spiro atoms. The second kappa shape index (κ2) is 9.96. The van der Waals surface area contributed by atoms with Crippen molar-refractivity contribution in [2.45, 2.75) is 58.3 Å². The van der Waals surface area contributed by atoms with Crippen LogP contribution >= 0.6 is 0 Å². The number of unbranched alkanes of at least 4 members (excludes halogenated alkanes) is 5. The average Bonchev–Trinajstić information content (AvgIpc) is 2.43. The van der Waals surface area contributed by atoms with Gasteiger partial charge in [-0.3, -0.25) is 0 Å². The number of halogens is 1. The van der Waals surface area contributed by atoms with E-state index in [-0.39, 0.29) is 5.82 Å². The Kier molecular flexibility index (Phi) is 8.48. The van der Waals surface area contributed by atoms with E-state index < -0.39 is 0 Å². The molecule has 0 aliphatic carbocycles. The van der Waals surface area contributed by atoms with Crippen molar-refractivity contribution in [3.05, 3.63) is 35.6 Å². The second-order valence-electron chi connectivity index (χ2n) is 5.45. The van der Waals surface area contributed by atoms with Gasteiger partial charge in [0.2, 0.25) is 0 Å². The van der Waals surface area contributed by atoms with Crippen molar-refractivity contribution in [1.29, 1.82) is 0 Å². The Balaban J connectivity index is 2.24. The normalized spacial score (nSPS) is 12.6. The third kappa shape index (κ3) is 6.72. The van der Waals surface area contributed by atoms with Crippen LogP contribution in [0.5, 0.6) is 0 Å². The summed E-state index contributed by atoms with van der Waals surface area (Å²) < 4.78 is 13.6. The summed E-state index contributed by atoms with van der Waals surface area (Å²) in [4.78, 5) is 0. The summed E-state index contributed by atoms with van der Waals surface area (Å²) in [5.41, 5.74) is 6.62. The minimum Gasteiger partial charge on any atom is -0.330 e. The Bertz CT molecular complexity index is 338. The highest BCUT2D eigenvalue weighted by molar-refractivity contribution is 5.17. The summed E-state index contributed by atoms with van der Waals surface area (Å²) in [5.74, 6) is 0.326. The lowest BCUT2D eigenvalue weighted by atomic mass is 9.93. The molecule has 2 heteroatoms. The van der Waals surface area contributed by atoms with Crippen LogP contribution in [0.4, 0.5) is 4.39 Å². The van der Waals surface area contributed by atoms with Crippen LogP contribution in [-0.2, 0) is 6.42 Å². The lowest BCUT2D eigenvalue weighted by Crippen LogP contribution is -2.17. The fraction of sp³-hybridized carbons (Fsp3) is 0.647. The lowest BCUT2D eigenvalue weighted by Gasteiger charge is -2.15. The van der Waals surface area contributed by atoms with Crippen molar-refractivity contribution in [1.82, 2.24) is 0 Å². The summed E-state index contributed by atoms with van der Waals surface area (Å²) in [5, 5.41) is 0. The second-order valence-corrected chi connectivity index (χ2v) is 5.45. The summed E-state index contributed by atoms with van der Waals surface area (Å²) in [6.45, 7) is 2.89. The van der Waals surface area contributed by atoms with Gasteiger partial charge in [-0.25, -0.2) is 4.39 Å². The molecular formula is C17H28FN. The molecule has 0 aromatic heterocycles. The maximum atomic E-state index is 13.6. The molecule has 2 N–H and O–H groups in total. The molecule has 1 nitrogen and oxygen atoms in total. The van der Waals surface area contributed by atoms with E-state index in [1.165, 1.54) is 44.6 Å². The molecule has 1 rings (SSSR count). The van der Waals surface area contributed by atoms with Crippen molar-refractivity contribution in [2.75, 3.05) is 6.54 Å². The first-order valence-corrected chi connectivity index (χ1v) is 7.71. The van der Waals surface area contributed by atoms with E-state index in [4.69, 9.17) is 5.73 Å². The monoisotopic (exact) mass is 265 g/mol. The van der Waals surface area contributed by atoms with E-state index in [0.29, 0.717) is 12.5 Å². The fourth-order valence-electron chi connectivity index (χ4n) is 2.49. The van der Waals surface area contributed by atoms with Gasteiger partial charge in [0, 0.05) is 0 Å². The third-order valence-corrected chi connectivity index (χ3v) is 3.77. The average molecular weight is 265 g/mol. The van der Waals surface area contributed by atoms with Gasteiger partial charge in [0.25, 0.3) is 0 Å². The summed E-state index contributed by atoms with van der Waals surface area (Å²) in [6, 6.07) is 7.05. The van der Waals surface area contributed by atoms with Crippen molar-refractivity contribution in [2.24, 2.45) is 11.7 Å². The molecule has 0 amide bonds. The fourth-order valence-corrected chi connectivity index (χ4v) is 2.49. The van der Waals surface area contributed by atoms with E-state index >= 15 is 0 Å². The molecule has 0 saturated carbocycles. The lowest BCUT2D eigenvalue weighted by molar-refractivity contribution is 0.448. The van der Waals surface area contributed by atoms with Gasteiger partial charge in [-0.05, 0) is 36.9 Å². The number of rotatable bonds is 10. The van der Waals surface area contributed by atoms with Crippen molar-refractivity contribution < 1.29 is 4.39 Å². The predicted molar refractivity (Wildman–Crippen MR) is 80.6 cm³/mol. The van der Waals surface area contributed by atoms with Gasteiger partial charge < -0.3 is 5.73 Å².